The molecular weight excluding hydrogens is 389 g/mol. The van der Waals surface area contributed by atoms with Crippen LogP contribution in [0.25, 0.3) is 6.08 Å². The maximum atomic E-state index is 13.1. The van der Waals surface area contributed by atoms with E-state index in [4.69, 9.17) is 4.42 Å². The zero-order chi connectivity index (χ0) is 20.1. The largest absolute Gasteiger partial charge is 0.467 e. The summed E-state index contributed by atoms with van der Waals surface area (Å²) in [5, 5.41) is 8.83. The number of rotatable bonds is 5. The van der Waals surface area contributed by atoms with Crippen molar-refractivity contribution in [2.24, 2.45) is 10.2 Å². The van der Waals surface area contributed by atoms with Gasteiger partial charge in [-0.05, 0) is 53.2 Å². The fourth-order valence-corrected chi connectivity index (χ4v) is 3.61. The van der Waals surface area contributed by atoms with Gasteiger partial charge in [-0.2, -0.15) is 5.10 Å². The van der Waals surface area contributed by atoms with E-state index in [1.165, 1.54) is 28.8 Å². The highest BCUT2D eigenvalue weighted by atomic mass is 32.2. The third-order valence-electron chi connectivity index (χ3n) is 4.10. The number of hydrogen-bond acceptors (Lipinski definition) is 5. The molecule has 3 aromatic rings. The molecule has 0 unspecified atom stereocenters. The monoisotopic (exact) mass is 405 g/mol. The Labute approximate surface area is 171 Å². The molecule has 4 rings (SSSR count). The normalized spacial score (nSPS) is 17.1. The molecule has 0 atom stereocenters. The number of carbonyl (C=O) groups is 1. The second-order valence-electron chi connectivity index (χ2n) is 6.17. The lowest BCUT2D eigenvalue weighted by Gasteiger charge is -2.12. The molecule has 2 heterocycles. The highest BCUT2D eigenvalue weighted by molar-refractivity contribution is 8.18. The van der Waals surface area contributed by atoms with Crippen molar-refractivity contribution in [3.05, 3.63) is 101 Å². The smallest absolute Gasteiger partial charge is 0.267 e. The summed E-state index contributed by atoms with van der Waals surface area (Å²) >= 11 is 1.22. The van der Waals surface area contributed by atoms with Gasteiger partial charge in [0, 0.05) is 0 Å². The first kappa shape index (κ1) is 18.9. The number of benzene rings is 2. The highest BCUT2D eigenvalue weighted by Crippen LogP contribution is 2.33. The van der Waals surface area contributed by atoms with Crippen LogP contribution in [0.3, 0.4) is 0 Å². The summed E-state index contributed by atoms with van der Waals surface area (Å²) in [4.78, 5) is 14.9. The molecule has 0 radical (unpaired) electrons. The molecule has 5 nitrogen and oxygen atoms in total. The molecule has 0 spiro atoms. The zero-order valence-electron chi connectivity index (χ0n) is 15.2. The molecule has 0 aliphatic carbocycles. The Morgan fingerprint density at radius 3 is 2.52 bits per heavy atom. The topological polar surface area (TPSA) is 58.2 Å². The average Bonchev–Trinajstić information content (AvgIpc) is 3.35. The molecule has 1 fully saturated rings. The van der Waals surface area contributed by atoms with Gasteiger partial charge in [0.25, 0.3) is 5.91 Å². The summed E-state index contributed by atoms with van der Waals surface area (Å²) in [5.41, 5.74) is 1.64. The molecule has 29 heavy (non-hydrogen) atoms. The fraction of sp³-hybridized carbons (Fsp3) is 0.0455. The molecule has 1 aliphatic heterocycles. The van der Waals surface area contributed by atoms with E-state index < -0.39 is 0 Å². The first-order chi connectivity index (χ1) is 14.2. The van der Waals surface area contributed by atoms with E-state index in [2.05, 4.69) is 10.2 Å². The molecule has 7 heteroatoms. The lowest BCUT2D eigenvalue weighted by atomic mass is 10.2. The van der Waals surface area contributed by atoms with Gasteiger partial charge in [0.05, 0.1) is 23.9 Å². The average molecular weight is 405 g/mol. The van der Waals surface area contributed by atoms with Crippen molar-refractivity contribution < 1.29 is 13.6 Å². The molecule has 144 valence electrons. The van der Waals surface area contributed by atoms with Crippen molar-refractivity contribution in [3.8, 4) is 0 Å². The van der Waals surface area contributed by atoms with Gasteiger partial charge in [0.15, 0.2) is 5.17 Å². The van der Waals surface area contributed by atoms with Crippen molar-refractivity contribution in [1.82, 2.24) is 4.90 Å². The van der Waals surface area contributed by atoms with Crippen molar-refractivity contribution >= 4 is 35.1 Å². The Morgan fingerprint density at radius 1 is 1.00 bits per heavy atom. The number of nitrogens with zero attached hydrogens (tertiary/aromatic N) is 3. The van der Waals surface area contributed by atoms with E-state index in [1.807, 2.05) is 30.3 Å². The van der Waals surface area contributed by atoms with Crippen molar-refractivity contribution in [2.45, 2.75) is 6.54 Å². The molecule has 0 saturated carbocycles. The molecule has 0 bridgehead atoms. The van der Waals surface area contributed by atoms with Gasteiger partial charge in [0.2, 0.25) is 0 Å². The van der Waals surface area contributed by atoms with Crippen LogP contribution in [0.2, 0.25) is 0 Å². The molecule has 2 aromatic carbocycles. The summed E-state index contributed by atoms with van der Waals surface area (Å²) in [5.74, 6) is 0.112. The number of carbonyl (C=O) groups excluding carboxylic acids is 1. The molecular formula is C22H16FN3O2S. The van der Waals surface area contributed by atoms with Crippen LogP contribution in [0, 0.1) is 5.82 Å². The quantitative estimate of drug-likeness (QED) is 0.344. The third-order valence-corrected chi connectivity index (χ3v) is 5.10. The Hall–Kier alpha value is -3.45. The summed E-state index contributed by atoms with van der Waals surface area (Å²) in [7, 11) is 0. The molecule has 1 aliphatic rings. The minimum Gasteiger partial charge on any atom is -0.467 e. The van der Waals surface area contributed by atoms with Crippen molar-refractivity contribution in [1.29, 1.82) is 0 Å². The first-order valence-corrected chi connectivity index (χ1v) is 9.66. The SMILES string of the molecule is O=C1/C(=C/c2ccc(F)cc2)S/C(=N/N=C\c2ccccc2)N1Cc1ccco1. The predicted octanol–water partition coefficient (Wildman–Crippen LogP) is 4.93. The van der Waals surface area contributed by atoms with Crippen LogP contribution in [0.4, 0.5) is 4.39 Å². The van der Waals surface area contributed by atoms with Gasteiger partial charge in [-0.3, -0.25) is 9.69 Å². The maximum Gasteiger partial charge on any atom is 0.267 e. The molecule has 1 amide bonds. The summed E-state index contributed by atoms with van der Waals surface area (Å²) in [6, 6.07) is 19.1. The molecule has 1 saturated heterocycles. The predicted molar refractivity (Wildman–Crippen MR) is 113 cm³/mol. The van der Waals surface area contributed by atoms with Crippen molar-refractivity contribution in [3.63, 3.8) is 0 Å². The number of thioether (sulfide) groups is 1. The van der Waals surface area contributed by atoms with Gasteiger partial charge in [0.1, 0.15) is 11.6 Å². The van der Waals surface area contributed by atoms with Crippen LogP contribution in [-0.2, 0) is 11.3 Å². The van der Waals surface area contributed by atoms with Crippen LogP contribution in [0.1, 0.15) is 16.9 Å². The lowest BCUT2D eigenvalue weighted by molar-refractivity contribution is -0.122. The summed E-state index contributed by atoms with van der Waals surface area (Å²) in [6.07, 6.45) is 4.90. The van der Waals surface area contributed by atoms with Gasteiger partial charge in [-0.1, -0.05) is 42.5 Å². The van der Waals surface area contributed by atoms with Crippen LogP contribution < -0.4 is 0 Å². The third kappa shape index (κ3) is 4.70. The van der Waals surface area contributed by atoms with E-state index >= 15 is 0 Å². The van der Waals surface area contributed by atoms with E-state index in [-0.39, 0.29) is 18.3 Å². The van der Waals surface area contributed by atoms with Gasteiger partial charge >= 0.3 is 0 Å². The number of furan rings is 1. The number of amidine groups is 1. The summed E-state index contributed by atoms with van der Waals surface area (Å²) in [6.45, 7) is 0.249. The van der Waals surface area contributed by atoms with Crippen molar-refractivity contribution in [2.75, 3.05) is 0 Å². The van der Waals surface area contributed by atoms with Crippen LogP contribution in [-0.4, -0.2) is 22.2 Å². The first-order valence-electron chi connectivity index (χ1n) is 8.84. The van der Waals surface area contributed by atoms with Crippen LogP contribution in [0.5, 0.6) is 0 Å². The van der Waals surface area contributed by atoms with Gasteiger partial charge < -0.3 is 4.42 Å². The van der Waals surface area contributed by atoms with Crippen LogP contribution >= 0.6 is 11.8 Å². The standard InChI is InChI=1S/C22H16FN3O2S/c23-18-10-8-16(9-11-18)13-20-21(27)26(15-19-7-4-12-28-19)22(29-20)25-24-14-17-5-2-1-3-6-17/h1-14H,15H2/b20-13-,24-14-,25-22+. The van der Waals surface area contributed by atoms with Gasteiger partial charge in [-0.25, -0.2) is 4.39 Å². The maximum absolute atomic E-state index is 13.1. The minimum absolute atomic E-state index is 0.204. The Balaban J connectivity index is 1.61. The van der Waals surface area contributed by atoms with Gasteiger partial charge in [-0.15, -0.1) is 5.10 Å². The van der Waals surface area contributed by atoms with E-state index in [0.29, 0.717) is 15.8 Å². The minimum atomic E-state index is -0.325. The number of halogens is 1. The van der Waals surface area contributed by atoms with Crippen LogP contribution in [0.15, 0.2) is 92.5 Å². The van der Waals surface area contributed by atoms with E-state index in [0.717, 1.165) is 11.1 Å². The number of amides is 1. The Bertz CT molecular complexity index is 1080. The second-order valence-corrected chi connectivity index (χ2v) is 7.18. The zero-order valence-corrected chi connectivity index (χ0v) is 16.1. The number of hydrogen-bond donors (Lipinski definition) is 0. The Kier molecular flexibility index (Phi) is 5.67. The van der Waals surface area contributed by atoms with E-state index in [1.54, 1.807) is 42.8 Å². The molecule has 1 aromatic heterocycles. The Morgan fingerprint density at radius 2 is 1.79 bits per heavy atom. The summed E-state index contributed by atoms with van der Waals surface area (Å²) < 4.78 is 18.5. The van der Waals surface area contributed by atoms with E-state index in [9.17, 15) is 9.18 Å². The lowest BCUT2D eigenvalue weighted by Crippen LogP contribution is -2.28. The highest BCUT2D eigenvalue weighted by Gasteiger charge is 2.34. The fourth-order valence-electron chi connectivity index (χ4n) is 2.67. The molecule has 0 N–H and O–H groups in total. The second kappa shape index (κ2) is 8.70.